The molecule has 0 spiro atoms. The lowest BCUT2D eigenvalue weighted by Crippen LogP contribution is -2.62. The van der Waals surface area contributed by atoms with Gasteiger partial charge in [-0.1, -0.05) is 6.92 Å². The van der Waals surface area contributed by atoms with E-state index in [0.717, 1.165) is 6.92 Å². The quantitative estimate of drug-likeness (QED) is 0.396. The molecule has 0 saturated heterocycles. The second kappa shape index (κ2) is 3.21. The zero-order chi connectivity index (χ0) is 9.94. The van der Waals surface area contributed by atoms with Gasteiger partial charge in [-0.3, -0.25) is 0 Å². The molecule has 0 fully saturated rings. The lowest BCUT2D eigenvalue weighted by Gasteiger charge is -2.35. The predicted molar refractivity (Wildman–Crippen MR) is 27.7 cm³/mol. The Balaban J connectivity index is 5.19. The molecule has 0 aromatic heterocycles. The Morgan fingerprint density at radius 1 is 1.00 bits per heavy atom. The zero-order valence-electron chi connectivity index (χ0n) is 6.16. The lowest BCUT2D eigenvalue weighted by atomic mass is 9.85. The normalized spacial score (nSPS) is 10.8. The molecule has 0 aromatic rings. The third-order valence-electron chi connectivity index (χ3n) is 1.58. The van der Waals surface area contributed by atoms with Crippen LogP contribution in [0.25, 0.3) is 0 Å². The molecule has 0 atom stereocenters. The predicted octanol–water partition coefficient (Wildman–Crippen LogP) is -4.37. The number of aliphatic carboxylic acids is 3. The number of hydrogen-bond acceptors (Lipinski definition) is 6. The van der Waals surface area contributed by atoms with Crippen LogP contribution in [0.1, 0.15) is 13.3 Å². The smallest absolute Gasteiger partial charge is 0.0885 e. The molecule has 0 radical (unpaired) electrons. The molecule has 0 rings (SSSR count). The second-order valence-electron chi connectivity index (χ2n) is 2.12. The maximum absolute atomic E-state index is 10.2. The van der Waals surface area contributed by atoms with Crippen molar-refractivity contribution in [1.82, 2.24) is 0 Å². The third-order valence-corrected chi connectivity index (χ3v) is 1.58. The molecule has 0 aliphatic rings. The lowest BCUT2D eigenvalue weighted by molar-refractivity contribution is -0.360. The highest BCUT2D eigenvalue weighted by Gasteiger charge is 2.33. The molecule has 0 bridgehead atoms. The van der Waals surface area contributed by atoms with E-state index in [1.54, 1.807) is 0 Å². The first-order chi connectivity index (χ1) is 5.39. The standard InChI is InChI=1S/C6H8O6/c1-2-6(3(7)8,4(9)10)5(11)12/h2H2,1H3,(H,7,8)(H,9,10)(H,11,12)/p-3. The number of carboxylic acids is 3. The van der Waals surface area contributed by atoms with Gasteiger partial charge in [0.1, 0.15) is 0 Å². The Hall–Kier alpha value is -1.59. The largest absolute Gasteiger partial charge is 0.549 e. The Morgan fingerprint density at radius 2 is 1.25 bits per heavy atom. The van der Waals surface area contributed by atoms with E-state index in [-0.39, 0.29) is 0 Å². The van der Waals surface area contributed by atoms with Gasteiger partial charge in [0.05, 0.1) is 23.3 Å². The van der Waals surface area contributed by atoms with Gasteiger partial charge in [-0.05, 0) is 6.42 Å². The SMILES string of the molecule is CCC(C(=O)[O-])(C(=O)[O-])C(=O)[O-]. The van der Waals surface area contributed by atoms with Crippen LogP contribution in [0.4, 0.5) is 0 Å². The van der Waals surface area contributed by atoms with Crippen molar-refractivity contribution in [2.24, 2.45) is 5.41 Å². The zero-order valence-corrected chi connectivity index (χ0v) is 6.16. The number of hydrogen-bond donors (Lipinski definition) is 0. The molecule has 0 saturated carbocycles. The van der Waals surface area contributed by atoms with Crippen LogP contribution in [0.15, 0.2) is 0 Å². The topological polar surface area (TPSA) is 120 Å². The molecule has 6 nitrogen and oxygen atoms in total. The first-order valence-electron chi connectivity index (χ1n) is 3.04. The highest BCUT2D eigenvalue weighted by Crippen LogP contribution is 2.18. The van der Waals surface area contributed by atoms with Crippen molar-refractivity contribution in [2.75, 3.05) is 0 Å². The maximum atomic E-state index is 10.2. The molecule has 0 aliphatic carbocycles. The van der Waals surface area contributed by atoms with Crippen molar-refractivity contribution in [2.45, 2.75) is 13.3 Å². The van der Waals surface area contributed by atoms with Crippen LogP contribution in [-0.4, -0.2) is 17.9 Å². The Kier molecular flexibility index (Phi) is 2.78. The number of rotatable bonds is 4. The van der Waals surface area contributed by atoms with Gasteiger partial charge in [0.15, 0.2) is 0 Å². The van der Waals surface area contributed by atoms with Gasteiger partial charge < -0.3 is 29.7 Å². The summed E-state index contributed by atoms with van der Waals surface area (Å²) in [5.74, 6) is -6.69. The minimum atomic E-state index is -3.04. The average Bonchev–Trinajstić information content (AvgIpc) is 1.86. The van der Waals surface area contributed by atoms with E-state index in [1.165, 1.54) is 0 Å². The average molecular weight is 173 g/mol. The number of carboxylic acid groups (broad SMARTS) is 3. The highest BCUT2D eigenvalue weighted by molar-refractivity contribution is 6.14. The van der Waals surface area contributed by atoms with Gasteiger partial charge in [-0.25, -0.2) is 0 Å². The highest BCUT2D eigenvalue weighted by atomic mass is 16.4. The molecular weight excluding hydrogens is 168 g/mol. The summed E-state index contributed by atoms with van der Waals surface area (Å²) in [7, 11) is 0. The van der Waals surface area contributed by atoms with Crippen molar-refractivity contribution in [3.05, 3.63) is 0 Å². The van der Waals surface area contributed by atoms with Crippen LogP contribution in [0.5, 0.6) is 0 Å². The number of carbonyl (C=O) groups excluding carboxylic acids is 3. The summed E-state index contributed by atoms with van der Waals surface area (Å²) in [6.45, 7) is 1.07. The fourth-order valence-corrected chi connectivity index (χ4v) is 0.683. The van der Waals surface area contributed by atoms with Crippen LogP contribution in [0, 0.1) is 5.41 Å². The molecule has 0 N–H and O–H groups in total. The van der Waals surface area contributed by atoms with E-state index in [0.29, 0.717) is 0 Å². The molecule has 0 heterocycles. The minimum absolute atomic E-state index is 0.681. The van der Waals surface area contributed by atoms with Crippen molar-refractivity contribution < 1.29 is 29.7 Å². The van der Waals surface area contributed by atoms with Crippen LogP contribution in [0.3, 0.4) is 0 Å². The summed E-state index contributed by atoms with van der Waals surface area (Å²) in [5, 5.41) is 30.5. The summed E-state index contributed by atoms with van der Waals surface area (Å²) in [4.78, 5) is 30.5. The summed E-state index contributed by atoms with van der Waals surface area (Å²) in [6, 6.07) is 0. The van der Waals surface area contributed by atoms with Gasteiger partial charge in [-0.2, -0.15) is 0 Å². The summed E-state index contributed by atoms with van der Waals surface area (Å²) in [5.41, 5.74) is -3.04. The Bertz CT molecular complexity index is 194. The van der Waals surface area contributed by atoms with Crippen LogP contribution in [-0.2, 0) is 14.4 Å². The van der Waals surface area contributed by atoms with Gasteiger partial charge in [0.25, 0.3) is 0 Å². The molecular formula is C6H5O6-3. The molecule has 0 unspecified atom stereocenters. The first-order valence-corrected chi connectivity index (χ1v) is 3.04. The van der Waals surface area contributed by atoms with Gasteiger partial charge in [-0.15, -0.1) is 0 Å². The van der Waals surface area contributed by atoms with Crippen LogP contribution >= 0.6 is 0 Å². The van der Waals surface area contributed by atoms with E-state index >= 15 is 0 Å². The van der Waals surface area contributed by atoms with Gasteiger partial charge in [0.2, 0.25) is 0 Å². The van der Waals surface area contributed by atoms with Crippen LogP contribution in [0.2, 0.25) is 0 Å². The Labute approximate surface area is 67.4 Å². The maximum Gasteiger partial charge on any atom is 0.0885 e. The minimum Gasteiger partial charge on any atom is -0.549 e. The van der Waals surface area contributed by atoms with E-state index in [1.807, 2.05) is 0 Å². The van der Waals surface area contributed by atoms with E-state index < -0.39 is 29.7 Å². The third kappa shape index (κ3) is 1.23. The van der Waals surface area contributed by atoms with Crippen molar-refractivity contribution in [3.8, 4) is 0 Å². The first kappa shape index (κ1) is 10.4. The van der Waals surface area contributed by atoms with Crippen molar-refractivity contribution in [3.63, 3.8) is 0 Å². The van der Waals surface area contributed by atoms with Crippen LogP contribution < -0.4 is 15.3 Å². The summed E-state index contributed by atoms with van der Waals surface area (Å²) >= 11 is 0. The van der Waals surface area contributed by atoms with Crippen molar-refractivity contribution in [1.29, 1.82) is 0 Å². The molecule has 6 heteroatoms. The van der Waals surface area contributed by atoms with Gasteiger partial charge in [0, 0.05) is 0 Å². The fraction of sp³-hybridized carbons (Fsp3) is 0.500. The summed E-state index contributed by atoms with van der Waals surface area (Å²) in [6.07, 6.45) is -0.681. The molecule has 68 valence electrons. The van der Waals surface area contributed by atoms with E-state index in [9.17, 15) is 29.7 Å². The van der Waals surface area contributed by atoms with Crippen molar-refractivity contribution >= 4 is 17.9 Å². The van der Waals surface area contributed by atoms with Gasteiger partial charge >= 0.3 is 0 Å². The summed E-state index contributed by atoms with van der Waals surface area (Å²) < 4.78 is 0. The Morgan fingerprint density at radius 3 is 1.25 bits per heavy atom. The monoisotopic (exact) mass is 173 g/mol. The number of carbonyl (C=O) groups is 3. The second-order valence-corrected chi connectivity index (χ2v) is 2.12. The molecule has 0 aliphatic heterocycles. The fourth-order valence-electron chi connectivity index (χ4n) is 0.683. The molecule has 12 heavy (non-hydrogen) atoms. The molecule has 0 aromatic carbocycles. The molecule has 0 amide bonds. The van der Waals surface area contributed by atoms with E-state index in [4.69, 9.17) is 0 Å². The van der Waals surface area contributed by atoms with E-state index in [2.05, 4.69) is 0 Å².